The molecule has 9 heteroatoms. The number of aryl methyl sites for hydroxylation is 1. The third kappa shape index (κ3) is 3.97. The van der Waals surface area contributed by atoms with Gasteiger partial charge in [-0.1, -0.05) is 41.6 Å². The molecule has 1 aliphatic rings. The van der Waals surface area contributed by atoms with E-state index in [2.05, 4.69) is 20.9 Å². The van der Waals surface area contributed by atoms with Crippen LogP contribution in [0.4, 0.5) is 5.69 Å². The molecular formula is C21H22ClN5O2S. The van der Waals surface area contributed by atoms with Crippen molar-refractivity contribution in [2.24, 2.45) is 0 Å². The molecule has 7 nitrogen and oxygen atoms in total. The van der Waals surface area contributed by atoms with Gasteiger partial charge < -0.3 is 15.5 Å². The van der Waals surface area contributed by atoms with Gasteiger partial charge in [0.05, 0.1) is 12.6 Å². The SMILES string of the molecule is CCOc1ccc([C@@H]2Nn3c(C)nnc3S[C@H]2C(=O)Nc2cccc(Cl)c2C)cc1. The first-order chi connectivity index (χ1) is 14.5. The molecule has 3 aromatic rings. The average molecular weight is 444 g/mol. The van der Waals surface area contributed by atoms with Crippen LogP contribution >= 0.6 is 23.4 Å². The lowest BCUT2D eigenvalue weighted by Crippen LogP contribution is -2.41. The zero-order valence-corrected chi connectivity index (χ0v) is 18.4. The Balaban J connectivity index is 1.65. The Hall–Kier alpha value is -2.71. The molecule has 2 aromatic carbocycles. The molecule has 0 bridgehead atoms. The average Bonchev–Trinajstić information content (AvgIpc) is 3.11. The number of carbonyl (C=O) groups excluding carboxylic acids is 1. The highest BCUT2D eigenvalue weighted by Gasteiger charge is 2.37. The monoisotopic (exact) mass is 443 g/mol. The smallest absolute Gasteiger partial charge is 0.240 e. The van der Waals surface area contributed by atoms with Gasteiger partial charge in [-0.25, -0.2) is 4.68 Å². The van der Waals surface area contributed by atoms with Crippen molar-refractivity contribution in [3.63, 3.8) is 0 Å². The summed E-state index contributed by atoms with van der Waals surface area (Å²) in [5.41, 5.74) is 5.89. The van der Waals surface area contributed by atoms with Gasteiger partial charge in [0.1, 0.15) is 16.8 Å². The summed E-state index contributed by atoms with van der Waals surface area (Å²) in [7, 11) is 0. The highest BCUT2D eigenvalue weighted by Crippen LogP contribution is 2.38. The number of hydrogen-bond acceptors (Lipinski definition) is 6. The number of ether oxygens (including phenoxy) is 1. The second-order valence-corrected chi connectivity index (χ2v) is 8.43. The van der Waals surface area contributed by atoms with Crippen LogP contribution in [0.25, 0.3) is 0 Å². The van der Waals surface area contributed by atoms with E-state index < -0.39 is 5.25 Å². The number of benzene rings is 2. The second kappa shape index (κ2) is 8.57. The van der Waals surface area contributed by atoms with E-state index in [1.807, 2.05) is 61.8 Å². The molecule has 0 saturated heterocycles. The Kier molecular flexibility index (Phi) is 5.87. The summed E-state index contributed by atoms with van der Waals surface area (Å²) in [6.45, 7) is 6.30. The highest BCUT2D eigenvalue weighted by molar-refractivity contribution is 8.00. The molecule has 0 saturated carbocycles. The highest BCUT2D eigenvalue weighted by atomic mass is 35.5. The number of rotatable bonds is 5. The fourth-order valence-electron chi connectivity index (χ4n) is 3.30. The third-order valence-electron chi connectivity index (χ3n) is 4.93. The molecule has 156 valence electrons. The van der Waals surface area contributed by atoms with Crippen LogP contribution in [0.15, 0.2) is 47.6 Å². The van der Waals surface area contributed by atoms with Gasteiger partial charge in [0.25, 0.3) is 0 Å². The van der Waals surface area contributed by atoms with Crippen molar-refractivity contribution in [3.05, 3.63) is 64.4 Å². The van der Waals surface area contributed by atoms with Gasteiger partial charge in [-0.2, -0.15) is 0 Å². The molecular weight excluding hydrogens is 422 g/mol. The van der Waals surface area contributed by atoms with Gasteiger partial charge in [-0.3, -0.25) is 4.79 Å². The van der Waals surface area contributed by atoms with Gasteiger partial charge in [-0.05, 0) is 56.2 Å². The molecule has 0 fully saturated rings. The number of halogens is 1. The Labute approximate surface area is 184 Å². The lowest BCUT2D eigenvalue weighted by Gasteiger charge is -2.33. The van der Waals surface area contributed by atoms with Gasteiger partial charge in [-0.15, -0.1) is 10.2 Å². The summed E-state index contributed by atoms with van der Waals surface area (Å²) < 4.78 is 7.37. The maximum atomic E-state index is 13.3. The first-order valence-electron chi connectivity index (χ1n) is 9.62. The Bertz CT molecular complexity index is 1070. The maximum absolute atomic E-state index is 13.3. The molecule has 2 N–H and O–H groups in total. The van der Waals surface area contributed by atoms with Crippen molar-refractivity contribution in [1.82, 2.24) is 14.9 Å². The van der Waals surface area contributed by atoms with E-state index in [0.717, 1.165) is 22.7 Å². The van der Waals surface area contributed by atoms with Crippen LogP contribution in [0.1, 0.15) is 29.9 Å². The number of thioether (sulfide) groups is 1. The molecule has 30 heavy (non-hydrogen) atoms. The summed E-state index contributed by atoms with van der Waals surface area (Å²) in [6.07, 6.45) is 0. The Morgan fingerprint density at radius 1 is 1.23 bits per heavy atom. The normalized spacial score (nSPS) is 17.7. The van der Waals surface area contributed by atoms with E-state index in [1.165, 1.54) is 11.8 Å². The van der Waals surface area contributed by atoms with E-state index in [9.17, 15) is 4.79 Å². The molecule has 0 spiro atoms. The van der Waals surface area contributed by atoms with Crippen molar-refractivity contribution in [3.8, 4) is 5.75 Å². The van der Waals surface area contributed by atoms with Crippen LogP contribution in [0.3, 0.4) is 0 Å². The van der Waals surface area contributed by atoms with Crippen LogP contribution in [-0.4, -0.2) is 32.6 Å². The van der Waals surface area contributed by atoms with Crippen LogP contribution in [0.5, 0.6) is 5.75 Å². The summed E-state index contributed by atoms with van der Waals surface area (Å²) >= 11 is 7.60. The van der Waals surface area contributed by atoms with E-state index in [-0.39, 0.29) is 11.9 Å². The fraction of sp³-hybridized carbons (Fsp3) is 0.286. The lowest BCUT2D eigenvalue weighted by molar-refractivity contribution is -0.116. The molecule has 0 radical (unpaired) electrons. The van der Waals surface area contributed by atoms with Crippen LogP contribution in [0.2, 0.25) is 5.02 Å². The van der Waals surface area contributed by atoms with E-state index in [1.54, 1.807) is 6.07 Å². The lowest BCUT2D eigenvalue weighted by atomic mass is 10.0. The Morgan fingerprint density at radius 3 is 2.73 bits per heavy atom. The van der Waals surface area contributed by atoms with Crippen molar-refractivity contribution in [2.45, 2.75) is 37.2 Å². The zero-order valence-electron chi connectivity index (χ0n) is 16.8. The Morgan fingerprint density at radius 2 is 2.00 bits per heavy atom. The van der Waals surface area contributed by atoms with Crippen LogP contribution in [-0.2, 0) is 4.79 Å². The van der Waals surface area contributed by atoms with Gasteiger partial charge in [0.2, 0.25) is 11.1 Å². The molecule has 2 atom stereocenters. The number of hydrogen-bond donors (Lipinski definition) is 2. The predicted molar refractivity (Wildman–Crippen MR) is 119 cm³/mol. The maximum Gasteiger partial charge on any atom is 0.240 e. The minimum absolute atomic E-state index is 0.136. The number of amides is 1. The van der Waals surface area contributed by atoms with Crippen molar-refractivity contribution < 1.29 is 9.53 Å². The quantitative estimate of drug-likeness (QED) is 0.610. The standard InChI is InChI=1S/C21H22ClN5O2S/c1-4-29-15-10-8-14(9-11-15)18-19(30-21-25-24-13(3)27(21)26-18)20(28)23-17-7-5-6-16(22)12(17)2/h5-11,18-19,26H,4H2,1-3H3,(H,23,28)/t18-,19+/m0/s1. The topological polar surface area (TPSA) is 81.1 Å². The van der Waals surface area contributed by atoms with Crippen molar-refractivity contribution in [2.75, 3.05) is 17.3 Å². The minimum Gasteiger partial charge on any atom is -0.494 e. The van der Waals surface area contributed by atoms with Crippen molar-refractivity contribution >= 4 is 35.0 Å². The first kappa shape index (κ1) is 20.6. The molecule has 1 aromatic heterocycles. The third-order valence-corrected chi connectivity index (χ3v) is 6.56. The number of carbonyl (C=O) groups is 1. The number of nitrogens with zero attached hydrogens (tertiary/aromatic N) is 3. The molecule has 4 rings (SSSR count). The van der Waals surface area contributed by atoms with Crippen LogP contribution < -0.4 is 15.5 Å². The van der Waals surface area contributed by atoms with E-state index in [0.29, 0.717) is 22.5 Å². The summed E-state index contributed by atoms with van der Waals surface area (Å²) in [4.78, 5) is 13.3. The van der Waals surface area contributed by atoms with Gasteiger partial charge in [0.15, 0.2) is 0 Å². The summed E-state index contributed by atoms with van der Waals surface area (Å²) in [5, 5.41) is 12.1. The summed E-state index contributed by atoms with van der Waals surface area (Å²) in [6, 6.07) is 13.0. The van der Waals surface area contributed by atoms with Crippen molar-refractivity contribution in [1.29, 1.82) is 0 Å². The molecule has 1 amide bonds. The van der Waals surface area contributed by atoms with E-state index >= 15 is 0 Å². The largest absolute Gasteiger partial charge is 0.494 e. The summed E-state index contributed by atoms with van der Waals surface area (Å²) in [5.74, 6) is 1.39. The van der Waals surface area contributed by atoms with Crippen LogP contribution in [0, 0.1) is 13.8 Å². The number of fused-ring (bicyclic) bond motifs is 1. The zero-order chi connectivity index (χ0) is 21.3. The molecule has 0 aliphatic carbocycles. The van der Waals surface area contributed by atoms with Gasteiger partial charge >= 0.3 is 0 Å². The van der Waals surface area contributed by atoms with E-state index in [4.69, 9.17) is 16.3 Å². The molecule has 1 aliphatic heterocycles. The number of anilines is 1. The van der Waals surface area contributed by atoms with Gasteiger partial charge in [0, 0.05) is 10.7 Å². The predicted octanol–water partition coefficient (Wildman–Crippen LogP) is 4.34. The first-order valence-corrected chi connectivity index (χ1v) is 10.9. The molecule has 0 unspecified atom stereocenters. The molecule has 2 heterocycles. The second-order valence-electron chi connectivity index (χ2n) is 6.91. The minimum atomic E-state index is -0.461. The fourth-order valence-corrected chi connectivity index (χ4v) is 4.60. The number of nitrogens with one attached hydrogen (secondary N) is 2. The number of aromatic nitrogens is 3.